The molecule has 2 heteroatoms. The van der Waals surface area contributed by atoms with Gasteiger partial charge in [-0.2, -0.15) is 0 Å². The number of hydrogen-bond donors (Lipinski definition) is 0. The zero-order valence-corrected chi connectivity index (χ0v) is 33.6. The second-order valence-corrected chi connectivity index (χ2v) is 18.1. The van der Waals surface area contributed by atoms with Crippen molar-refractivity contribution in [1.82, 2.24) is 4.57 Å². The van der Waals surface area contributed by atoms with Gasteiger partial charge in [-0.15, -0.1) is 0 Å². The van der Waals surface area contributed by atoms with Gasteiger partial charge < -0.3 is 9.47 Å². The molecular weight excluding hydrogens is 713 g/mol. The van der Waals surface area contributed by atoms with Gasteiger partial charge in [0.15, 0.2) is 0 Å². The van der Waals surface area contributed by atoms with E-state index in [-0.39, 0.29) is 0 Å². The van der Waals surface area contributed by atoms with Crippen LogP contribution >= 0.6 is 0 Å². The summed E-state index contributed by atoms with van der Waals surface area (Å²) in [5, 5.41) is 5.10. The Morgan fingerprint density at radius 1 is 0.458 bits per heavy atom. The van der Waals surface area contributed by atoms with Crippen molar-refractivity contribution in [1.29, 1.82) is 0 Å². The van der Waals surface area contributed by atoms with Crippen LogP contribution in [-0.4, -0.2) is 4.57 Å². The predicted octanol–water partition coefficient (Wildman–Crippen LogP) is 15.5. The van der Waals surface area contributed by atoms with E-state index in [9.17, 15) is 0 Å². The van der Waals surface area contributed by atoms with Crippen molar-refractivity contribution in [3.05, 3.63) is 194 Å². The fraction of sp³-hybridized carbons (Fsp3) is 0.193. The molecule has 0 N–H and O–H groups in total. The molecule has 9 aromatic rings. The van der Waals surface area contributed by atoms with Crippen molar-refractivity contribution >= 4 is 49.6 Å². The van der Waals surface area contributed by atoms with Crippen LogP contribution in [0.25, 0.3) is 60.5 Å². The Morgan fingerprint density at radius 2 is 1.03 bits per heavy atom. The first kappa shape index (κ1) is 34.6. The zero-order chi connectivity index (χ0) is 39.1. The first-order valence-electron chi connectivity index (χ1n) is 21.8. The van der Waals surface area contributed by atoms with Crippen LogP contribution in [0.5, 0.6) is 0 Å². The van der Waals surface area contributed by atoms with Gasteiger partial charge in [-0.3, -0.25) is 0 Å². The lowest BCUT2D eigenvalue weighted by molar-refractivity contribution is 0.0780. The predicted molar refractivity (Wildman–Crippen MR) is 248 cm³/mol. The molecule has 3 aliphatic rings. The molecule has 0 aliphatic heterocycles. The smallest absolute Gasteiger partial charge is 0.0541 e. The van der Waals surface area contributed by atoms with Crippen LogP contribution in [0.3, 0.4) is 0 Å². The molecule has 5 atom stereocenters. The Morgan fingerprint density at radius 3 is 1.71 bits per heavy atom. The van der Waals surface area contributed by atoms with Gasteiger partial charge in [0, 0.05) is 33.5 Å². The van der Waals surface area contributed by atoms with Crippen LogP contribution < -0.4 is 4.90 Å². The van der Waals surface area contributed by atoms with Crippen molar-refractivity contribution in [2.45, 2.75) is 44.4 Å². The fourth-order valence-corrected chi connectivity index (χ4v) is 12.0. The summed E-state index contributed by atoms with van der Waals surface area (Å²) < 4.78 is 2.40. The Bertz CT molecular complexity index is 2950. The Hall–Kier alpha value is -6.38. The second-order valence-electron chi connectivity index (χ2n) is 18.1. The highest BCUT2D eigenvalue weighted by Gasteiger charge is 2.57. The molecule has 59 heavy (non-hydrogen) atoms. The third kappa shape index (κ3) is 5.75. The lowest BCUT2D eigenvalue weighted by atomic mass is 9.63. The molecule has 286 valence electrons. The molecule has 0 amide bonds. The molecule has 12 rings (SSSR count). The van der Waals surface area contributed by atoms with Gasteiger partial charge in [0.05, 0.1) is 11.0 Å². The molecule has 0 saturated heterocycles. The minimum atomic E-state index is 0.347. The summed E-state index contributed by atoms with van der Waals surface area (Å²) in [6.45, 7) is 2.51. The summed E-state index contributed by atoms with van der Waals surface area (Å²) in [6, 6.07) is 70.0. The molecule has 0 radical (unpaired) electrons. The molecule has 2 unspecified atom stereocenters. The minimum Gasteiger partial charge on any atom is -0.311 e. The zero-order valence-electron chi connectivity index (χ0n) is 33.6. The van der Waals surface area contributed by atoms with Gasteiger partial charge in [-0.25, -0.2) is 0 Å². The summed E-state index contributed by atoms with van der Waals surface area (Å²) in [7, 11) is 0. The average Bonchev–Trinajstić information content (AvgIpc) is 3.74. The van der Waals surface area contributed by atoms with Gasteiger partial charge >= 0.3 is 0 Å². The summed E-state index contributed by atoms with van der Waals surface area (Å²) in [6.07, 6.45) is 7.03. The Labute approximate surface area is 347 Å². The maximum atomic E-state index is 2.51. The number of rotatable bonds is 7. The summed E-state index contributed by atoms with van der Waals surface area (Å²) >= 11 is 0. The highest BCUT2D eigenvalue weighted by Crippen LogP contribution is 2.65. The first-order valence-corrected chi connectivity index (χ1v) is 21.8. The SMILES string of the molecule is C[C@H]1C[C@H]2C[C@H]3CC(c4ccc(N(c5ccc(-c6cccc(-n7c8ccccc8c8ccccc87)c6)cc5)c5ccc(-c6ccc7ccccc7c6)cc5)cc4)(CC23)C1. The summed E-state index contributed by atoms with van der Waals surface area (Å²) in [5.74, 6) is 3.69. The van der Waals surface area contributed by atoms with Crippen molar-refractivity contribution in [3.8, 4) is 27.9 Å². The lowest BCUT2D eigenvalue weighted by Gasteiger charge is -2.42. The number of para-hydroxylation sites is 2. The third-order valence-corrected chi connectivity index (χ3v) is 14.6. The van der Waals surface area contributed by atoms with Crippen molar-refractivity contribution in [2.24, 2.45) is 23.7 Å². The van der Waals surface area contributed by atoms with Crippen LogP contribution in [-0.2, 0) is 5.41 Å². The average molecular weight is 761 g/mol. The molecular formula is C57H48N2. The maximum Gasteiger partial charge on any atom is 0.0541 e. The van der Waals surface area contributed by atoms with Gasteiger partial charge in [-0.05, 0) is 167 Å². The minimum absolute atomic E-state index is 0.347. The van der Waals surface area contributed by atoms with E-state index >= 15 is 0 Å². The molecule has 1 heterocycles. The van der Waals surface area contributed by atoms with Gasteiger partial charge in [0.2, 0.25) is 0 Å². The van der Waals surface area contributed by atoms with E-state index in [1.807, 2.05) is 0 Å². The molecule has 8 aromatic carbocycles. The van der Waals surface area contributed by atoms with Crippen molar-refractivity contribution in [2.75, 3.05) is 4.90 Å². The van der Waals surface area contributed by atoms with E-state index in [0.717, 1.165) is 35.0 Å². The second kappa shape index (κ2) is 13.6. The standard InChI is InChI=1S/C57H48N2/c1-38-31-45-33-46-36-57(35-38,37-54(45)46)47-23-29-50(30-24-47)58(49-27-21-41(22-28-49)44-18-17-39-9-2-3-10-42(39)32-44)48-25-19-40(20-26-48)43-11-8-12-51(34-43)59-55-15-6-4-13-52(55)53-14-5-7-16-56(53)59/h2-30,32,34,38,45-46,54H,31,33,35-37H2,1H3/t38-,45-,46-,54?,57?/m0/s1. The highest BCUT2D eigenvalue weighted by molar-refractivity contribution is 6.09. The highest BCUT2D eigenvalue weighted by atomic mass is 15.1. The maximum absolute atomic E-state index is 2.51. The molecule has 3 fully saturated rings. The van der Waals surface area contributed by atoms with Gasteiger partial charge in [0.1, 0.15) is 0 Å². The summed E-state index contributed by atoms with van der Waals surface area (Å²) in [5.41, 5.74) is 13.9. The molecule has 2 bridgehead atoms. The largest absolute Gasteiger partial charge is 0.311 e. The molecule has 0 spiro atoms. The van der Waals surface area contributed by atoms with E-state index in [4.69, 9.17) is 0 Å². The molecule has 1 aromatic heterocycles. The van der Waals surface area contributed by atoms with Gasteiger partial charge in [-0.1, -0.05) is 128 Å². The van der Waals surface area contributed by atoms with Gasteiger partial charge in [0.25, 0.3) is 0 Å². The molecule has 2 nitrogen and oxygen atoms in total. The number of hydrogen-bond acceptors (Lipinski definition) is 1. The lowest BCUT2D eigenvalue weighted by Crippen LogP contribution is -2.34. The van der Waals surface area contributed by atoms with Crippen LogP contribution in [0.1, 0.15) is 44.6 Å². The normalized spacial score (nSPS) is 22.1. The monoisotopic (exact) mass is 760 g/mol. The summed E-state index contributed by atoms with van der Waals surface area (Å²) in [4.78, 5) is 2.44. The number of anilines is 3. The van der Waals surface area contributed by atoms with E-state index in [0.29, 0.717) is 5.41 Å². The number of fused-ring (bicyclic) bond motifs is 5. The Balaban J connectivity index is 0.909. The third-order valence-electron chi connectivity index (χ3n) is 14.6. The Kier molecular flexibility index (Phi) is 7.99. The molecule has 3 saturated carbocycles. The van der Waals surface area contributed by atoms with Crippen LogP contribution in [0.15, 0.2) is 188 Å². The van der Waals surface area contributed by atoms with Crippen molar-refractivity contribution < 1.29 is 0 Å². The van der Waals surface area contributed by atoms with E-state index < -0.39 is 0 Å². The van der Waals surface area contributed by atoms with Crippen molar-refractivity contribution in [3.63, 3.8) is 0 Å². The first-order chi connectivity index (χ1) is 29.1. The topological polar surface area (TPSA) is 8.17 Å². The van der Waals surface area contributed by atoms with E-state index in [1.165, 1.54) is 98.3 Å². The van der Waals surface area contributed by atoms with E-state index in [1.54, 1.807) is 5.56 Å². The fourth-order valence-electron chi connectivity index (χ4n) is 12.0. The van der Waals surface area contributed by atoms with Crippen LogP contribution in [0.4, 0.5) is 17.1 Å². The van der Waals surface area contributed by atoms with Crippen LogP contribution in [0.2, 0.25) is 0 Å². The number of benzene rings is 8. The molecule has 3 aliphatic carbocycles. The number of nitrogens with zero attached hydrogens (tertiary/aromatic N) is 2. The quantitative estimate of drug-likeness (QED) is 0.157. The number of aromatic nitrogens is 1. The van der Waals surface area contributed by atoms with E-state index in [2.05, 4.69) is 204 Å². The van der Waals surface area contributed by atoms with Crippen LogP contribution in [0, 0.1) is 23.7 Å².